The highest BCUT2D eigenvalue weighted by molar-refractivity contribution is 5.88. The van der Waals surface area contributed by atoms with E-state index >= 15 is 0 Å². The van der Waals surface area contributed by atoms with E-state index in [4.69, 9.17) is 18.3 Å². The molecule has 0 unspecified atom stereocenters. The van der Waals surface area contributed by atoms with E-state index in [9.17, 15) is 9.59 Å². The number of benzene rings is 1. The lowest BCUT2D eigenvalue weighted by atomic mass is 9.93. The normalized spacial score (nSPS) is 19.0. The zero-order valence-corrected chi connectivity index (χ0v) is 12.9. The van der Waals surface area contributed by atoms with Crippen LogP contribution in [0.5, 0.6) is 5.75 Å². The molecule has 0 spiro atoms. The van der Waals surface area contributed by atoms with Crippen LogP contribution < -0.4 is 10.4 Å². The standard InChI is InChI=1S/C18H14O6/c1-2-21-18(20)16-13(12-8-5-9-22-12)14-15(24-16)10-6-3-4-7-11(10)23-17(14)19/h3-9,13,16H,2H2,1H3/t13-,16+/m0/s1. The molecule has 0 saturated carbocycles. The Kier molecular flexibility index (Phi) is 3.37. The van der Waals surface area contributed by atoms with Gasteiger partial charge in [-0.05, 0) is 31.2 Å². The molecule has 1 aromatic carbocycles. The summed E-state index contributed by atoms with van der Waals surface area (Å²) in [4.78, 5) is 24.9. The molecule has 0 aliphatic carbocycles. The number of para-hydroxylation sites is 1. The van der Waals surface area contributed by atoms with Gasteiger partial charge < -0.3 is 18.3 Å². The van der Waals surface area contributed by atoms with Crippen molar-refractivity contribution in [2.24, 2.45) is 0 Å². The number of rotatable bonds is 3. The molecule has 0 bridgehead atoms. The molecular weight excluding hydrogens is 312 g/mol. The van der Waals surface area contributed by atoms with Crippen molar-refractivity contribution in [2.45, 2.75) is 18.9 Å². The second-order valence-electron chi connectivity index (χ2n) is 5.41. The molecular formula is C18H14O6. The maximum atomic E-state index is 12.5. The van der Waals surface area contributed by atoms with Crippen molar-refractivity contribution in [3.05, 3.63) is 64.4 Å². The highest BCUT2D eigenvalue weighted by Gasteiger charge is 2.46. The predicted octanol–water partition coefficient (Wildman–Crippen LogP) is 2.84. The molecule has 0 N–H and O–H groups in total. The number of carbonyl (C=O) groups is 1. The van der Waals surface area contributed by atoms with Crippen LogP contribution in [0.15, 0.2) is 56.3 Å². The second kappa shape index (κ2) is 5.56. The molecule has 2 aromatic heterocycles. The Morgan fingerprint density at radius 1 is 1.21 bits per heavy atom. The number of esters is 1. The minimum Gasteiger partial charge on any atom is -0.476 e. The van der Waals surface area contributed by atoms with E-state index in [0.717, 1.165) is 0 Å². The van der Waals surface area contributed by atoms with Crippen LogP contribution in [0.25, 0.3) is 11.0 Å². The summed E-state index contributed by atoms with van der Waals surface area (Å²) in [5.74, 6) is -0.441. The Morgan fingerprint density at radius 2 is 2.04 bits per heavy atom. The first kappa shape index (κ1) is 14.6. The van der Waals surface area contributed by atoms with Gasteiger partial charge in [0.05, 0.1) is 23.8 Å². The van der Waals surface area contributed by atoms with Crippen molar-refractivity contribution in [2.75, 3.05) is 6.61 Å². The maximum absolute atomic E-state index is 12.5. The SMILES string of the molecule is CCOC(=O)[C@@H]1Oc2c(c(=O)oc3ccccc23)[C@@H]1c1ccco1. The molecule has 1 aliphatic rings. The topological polar surface area (TPSA) is 78.9 Å². The summed E-state index contributed by atoms with van der Waals surface area (Å²) >= 11 is 0. The first-order chi connectivity index (χ1) is 11.7. The summed E-state index contributed by atoms with van der Waals surface area (Å²) in [7, 11) is 0. The lowest BCUT2D eigenvalue weighted by Crippen LogP contribution is -2.32. The minimum absolute atomic E-state index is 0.218. The summed E-state index contributed by atoms with van der Waals surface area (Å²) in [5, 5.41) is 0.635. The van der Waals surface area contributed by atoms with Crippen LogP contribution in [0.2, 0.25) is 0 Å². The van der Waals surface area contributed by atoms with E-state index in [-0.39, 0.29) is 12.2 Å². The third kappa shape index (κ3) is 2.11. The van der Waals surface area contributed by atoms with E-state index in [1.165, 1.54) is 6.26 Å². The van der Waals surface area contributed by atoms with Crippen molar-refractivity contribution in [3.63, 3.8) is 0 Å². The second-order valence-corrected chi connectivity index (χ2v) is 5.41. The largest absolute Gasteiger partial charge is 0.476 e. The van der Waals surface area contributed by atoms with E-state index in [2.05, 4.69) is 0 Å². The third-order valence-corrected chi connectivity index (χ3v) is 4.03. The van der Waals surface area contributed by atoms with Gasteiger partial charge in [-0.25, -0.2) is 9.59 Å². The quantitative estimate of drug-likeness (QED) is 0.544. The van der Waals surface area contributed by atoms with E-state index in [0.29, 0.717) is 22.5 Å². The van der Waals surface area contributed by atoms with E-state index in [1.54, 1.807) is 37.3 Å². The zero-order valence-electron chi connectivity index (χ0n) is 12.9. The van der Waals surface area contributed by atoms with Crippen LogP contribution >= 0.6 is 0 Å². The molecule has 2 atom stereocenters. The van der Waals surface area contributed by atoms with E-state index in [1.807, 2.05) is 6.07 Å². The third-order valence-electron chi connectivity index (χ3n) is 4.03. The molecule has 0 radical (unpaired) electrons. The van der Waals surface area contributed by atoms with Crippen molar-refractivity contribution in [3.8, 4) is 5.75 Å². The molecule has 3 aromatic rings. The van der Waals surface area contributed by atoms with Crippen molar-refractivity contribution in [1.82, 2.24) is 0 Å². The average Bonchev–Trinajstić information content (AvgIpc) is 3.22. The molecule has 6 nitrogen and oxygen atoms in total. The van der Waals surface area contributed by atoms with Gasteiger partial charge in [0, 0.05) is 0 Å². The highest BCUT2D eigenvalue weighted by Crippen LogP contribution is 2.44. The Morgan fingerprint density at radius 3 is 2.79 bits per heavy atom. The van der Waals surface area contributed by atoms with Crippen LogP contribution in [-0.4, -0.2) is 18.7 Å². The number of furan rings is 1. The number of ether oxygens (including phenoxy) is 2. The van der Waals surface area contributed by atoms with Crippen LogP contribution in [0.1, 0.15) is 24.2 Å². The Labute approximate surface area is 136 Å². The molecule has 122 valence electrons. The fourth-order valence-corrected chi connectivity index (χ4v) is 3.05. The average molecular weight is 326 g/mol. The predicted molar refractivity (Wildman–Crippen MR) is 84.1 cm³/mol. The van der Waals surface area contributed by atoms with Gasteiger partial charge in [0.25, 0.3) is 0 Å². The van der Waals surface area contributed by atoms with E-state index < -0.39 is 23.6 Å². The summed E-state index contributed by atoms with van der Waals surface area (Å²) in [6, 6.07) is 10.4. The first-order valence-electron chi connectivity index (χ1n) is 7.63. The number of hydrogen-bond donors (Lipinski definition) is 0. The van der Waals surface area contributed by atoms with Gasteiger partial charge in [0.1, 0.15) is 23.0 Å². The van der Waals surface area contributed by atoms with Gasteiger partial charge in [-0.2, -0.15) is 0 Å². The molecule has 3 heterocycles. The molecule has 4 rings (SSSR count). The monoisotopic (exact) mass is 326 g/mol. The fraction of sp³-hybridized carbons (Fsp3) is 0.222. The smallest absolute Gasteiger partial charge is 0.348 e. The van der Waals surface area contributed by atoms with Gasteiger partial charge in [0.2, 0.25) is 6.10 Å². The maximum Gasteiger partial charge on any atom is 0.348 e. The number of carbonyl (C=O) groups excluding carboxylic acids is 1. The highest BCUT2D eigenvalue weighted by atomic mass is 16.6. The molecule has 24 heavy (non-hydrogen) atoms. The van der Waals surface area contributed by atoms with Gasteiger partial charge in [-0.3, -0.25) is 0 Å². The lowest BCUT2D eigenvalue weighted by Gasteiger charge is -2.15. The molecule has 0 saturated heterocycles. The Bertz CT molecular complexity index is 953. The number of hydrogen-bond acceptors (Lipinski definition) is 6. The summed E-state index contributed by atoms with van der Waals surface area (Å²) in [6.07, 6.45) is 0.498. The first-order valence-corrected chi connectivity index (χ1v) is 7.63. The summed E-state index contributed by atoms with van der Waals surface area (Å²) < 4.78 is 21.8. The van der Waals surface area contributed by atoms with Gasteiger partial charge in [-0.1, -0.05) is 12.1 Å². The van der Waals surface area contributed by atoms with Crippen LogP contribution in [-0.2, 0) is 9.53 Å². The van der Waals surface area contributed by atoms with Crippen LogP contribution in [0.3, 0.4) is 0 Å². The summed E-state index contributed by atoms with van der Waals surface area (Å²) in [5.41, 5.74) is 0.141. The molecule has 0 amide bonds. The van der Waals surface area contributed by atoms with Gasteiger partial charge >= 0.3 is 11.6 Å². The summed E-state index contributed by atoms with van der Waals surface area (Å²) in [6.45, 7) is 1.93. The van der Waals surface area contributed by atoms with Gasteiger partial charge in [0.15, 0.2) is 0 Å². The molecule has 1 aliphatic heterocycles. The van der Waals surface area contributed by atoms with Crippen molar-refractivity contribution in [1.29, 1.82) is 0 Å². The molecule has 0 fully saturated rings. The van der Waals surface area contributed by atoms with Crippen LogP contribution in [0, 0.1) is 0 Å². The Hall–Kier alpha value is -3.02. The molecule has 6 heteroatoms. The van der Waals surface area contributed by atoms with Gasteiger partial charge in [-0.15, -0.1) is 0 Å². The van der Waals surface area contributed by atoms with Crippen molar-refractivity contribution < 1.29 is 23.1 Å². The minimum atomic E-state index is -0.986. The van der Waals surface area contributed by atoms with Crippen molar-refractivity contribution >= 4 is 16.9 Å². The van der Waals surface area contributed by atoms with Crippen LogP contribution in [0.4, 0.5) is 0 Å². The zero-order chi connectivity index (χ0) is 16.7. The lowest BCUT2D eigenvalue weighted by molar-refractivity contribution is -0.151. The fourth-order valence-electron chi connectivity index (χ4n) is 3.05. The Balaban J connectivity index is 1.95. The number of fused-ring (bicyclic) bond motifs is 3.